The van der Waals surface area contributed by atoms with Crippen molar-refractivity contribution < 1.29 is 4.79 Å². The van der Waals surface area contributed by atoms with Gasteiger partial charge in [-0.15, -0.1) is 11.3 Å². The van der Waals surface area contributed by atoms with Crippen LogP contribution in [-0.4, -0.2) is 5.91 Å². The maximum atomic E-state index is 12.3. The second-order valence-corrected chi connectivity index (χ2v) is 6.33. The normalized spacial score (nSPS) is 10.5. The van der Waals surface area contributed by atoms with Crippen LogP contribution in [0.3, 0.4) is 0 Å². The Morgan fingerprint density at radius 1 is 1.32 bits per heavy atom. The number of carbonyl (C=O) groups excluding carboxylic acids is 1. The quantitative estimate of drug-likeness (QED) is 0.844. The van der Waals surface area contributed by atoms with Gasteiger partial charge in [0.1, 0.15) is 0 Å². The van der Waals surface area contributed by atoms with Crippen LogP contribution in [0.4, 0.5) is 5.69 Å². The number of amides is 1. The summed E-state index contributed by atoms with van der Waals surface area (Å²) in [6, 6.07) is 6.04. The van der Waals surface area contributed by atoms with E-state index < -0.39 is 0 Å². The van der Waals surface area contributed by atoms with Crippen LogP contribution in [0.5, 0.6) is 0 Å². The highest BCUT2D eigenvalue weighted by atomic mass is 79.9. The molecule has 0 atom stereocenters. The number of hydrogen-bond donors (Lipinski definition) is 1. The van der Waals surface area contributed by atoms with Gasteiger partial charge in [-0.05, 0) is 60.5 Å². The molecule has 4 heteroatoms. The summed E-state index contributed by atoms with van der Waals surface area (Å²) in [7, 11) is 0. The standard InChI is InChI=1S/C15H16BrNOS/c1-4-11-5-6-19-14(11)15(18)17-13-9(2)7-12(16)8-10(13)3/h5-8H,4H2,1-3H3,(H,17,18). The van der Waals surface area contributed by atoms with Crippen LogP contribution in [0, 0.1) is 13.8 Å². The minimum atomic E-state index is -0.0135. The van der Waals surface area contributed by atoms with Crippen LogP contribution in [0.2, 0.25) is 0 Å². The summed E-state index contributed by atoms with van der Waals surface area (Å²) < 4.78 is 1.03. The number of benzene rings is 1. The van der Waals surface area contributed by atoms with Crippen LogP contribution in [0.15, 0.2) is 28.1 Å². The van der Waals surface area contributed by atoms with Crippen molar-refractivity contribution in [2.75, 3.05) is 5.32 Å². The number of nitrogens with one attached hydrogen (secondary N) is 1. The molecule has 0 radical (unpaired) electrons. The third-order valence-corrected chi connectivity index (χ3v) is 4.48. The molecule has 2 rings (SSSR count). The molecule has 1 N–H and O–H groups in total. The lowest BCUT2D eigenvalue weighted by molar-refractivity contribution is 0.102. The Labute approximate surface area is 126 Å². The van der Waals surface area contributed by atoms with E-state index in [0.29, 0.717) is 0 Å². The van der Waals surface area contributed by atoms with Gasteiger partial charge in [0, 0.05) is 10.2 Å². The predicted molar refractivity (Wildman–Crippen MR) is 85.3 cm³/mol. The SMILES string of the molecule is CCc1ccsc1C(=O)Nc1c(C)cc(Br)cc1C. The summed E-state index contributed by atoms with van der Waals surface area (Å²) in [5.41, 5.74) is 4.14. The largest absolute Gasteiger partial charge is 0.321 e. The van der Waals surface area contributed by atoms with Gasteiger partial charge in [-0.25, -0.2) is 0 Å². The smallest absolute Gasteiger partial charge is 0.266 e. The van der Waals surface area contributed by atoms with Crippen molar-refractivity contribution in [1.82, 2.24) is 0 Å². The van der Waals surface area contributed by atoms with Gasteiger partial charge < -0.3 is 5.32 Å². The lowest BCUT2D eigenvalue weighted by atomic mass is 10.1. The maximum Gasteiger partial charge on any atom is 0.266 e. The molecule has 2 aromatic rings. The number of anilines is 1. The topological polar surface area (TPSA) is 29.1 Å². The molecular formula is C15H16BrNOS. The van der Waals surface area contributed by atoms with Gasteiger partial charge in [0.05, 0.1) is 4.88 Å². The van der Waals surface area contributed by atoms with Gasteiger partial charge in [0.2, 0.25) is 0 Å². The molecule has 1 aromatic heterocycles. The van der Waals surface area contributed by atoms with Gasteiger partial charge in [0.15, 0.2) is 0 Å². The Morgan fingerprint density at radius 3 is 2.53 bits per heavy atom. The molecule has 0 saturated carbocycles. The zero-order valence-electron chi connectivity index (χ0n) is 11.2. The van der Waals surface area contributed by atoms with Gasteiger partial charge in [-0.3, -0.25) is 4.79 Å². The van der Waals surface area contributed by atoms with Gasteiger partial charge >= 0.3 is 0 Å². The molecule has 0 aliphatic heterocycles. The molecule has 0 saturated heterocycles. The molecule has 100 valence electrons. The molecule has 19 heavy (non-hydrogen) atoms. The summed E-state index contributed by atoms with van der Waals surface area (Å²) in [6.07, 6.45) is 0.880. The molecule has 0 spiro atoms. The number of carbonyl (C=O) groups is 1. The summed E-state index contributed by atoms with van der Waals surface area (Å²) in [6.45, 7) is 6.07. The van der Waals surface area contributed by atoms with E-state index in [1.54, 1.807) is 0 Å². The monoisotopic (exact) mass is 337 g/mol. The summed E-state index contributed by atoms with van der Waals surface area (Å²) in [5, 5.41) is 5.00. The third kappa shape index (κ3) is 3.07. The van der Waals surface area contributed by atoms with E-state index in [2.05, 4.69) is 28.2 Å². The van der Waals surface area contributed by atoms with Crippen LogP contribution >= 0.6 is 27.3 Å². The maximum absolute atomic E-state index is 12.3. The summed E-state index contributed by atoms with van der Waals surface area (Å²) in [5.74, 6) is -0.0135. The second-order valence-electron chi connectivity index (χ2n) is 4.50. The van der Waals surface area contributed by atoms with E-state index in [0.717, 1.165) is 38.1 Å². The van der Waals surface area contributed by atoms with E-state index in [9.17, 15) is 4.79 Å². The van der Waals surface area contributed by atoms with E-state index in [1.165, 1.54) is 11.3 Å². The van der Waals surface area contributed by atoms with Crippen molar-refractivity contribution in [1.29, 1.82) is 0 Å². The van der Waals surface area contributed by atoms with Gasteiger partial charge in [-0.2, -0.15) is 0 Å². The second kappa shape index (κ2) is 5.88. The first-order valence-electron chi connectivity index (χ1n) is 6.17. The molecular weight excluding hydrogens is 322 g/mol. The summed E-state index contributed by atoms with van der Waals surface area (Å²) >= 11 is 4.96. The Balaban J connectivity index is 2.29. The zero-order valence-corrected chi connectivity index (χ0v) is 13.6. The molecule has 1 amide bonds. The van der Waals surface area contributed by atoms with Crippen molar-refractivity contribution in [3.8, 4) is 0 Å². The van der Waals surface area contributed by atoms with Crippen molar-refractivity contribution in [2.45, 2.75) is 27.2 Å². The fourth-order valence-electron chi connectivity index (χ4n) is 2.09. The molecule has 0 bridgehead atoms. The first-order chi connectivity index (χ1) is 9.02. The van der Waals surface area contributed by atoms with E-state index in [-0.39, 0.29) is 5.91 Å². The fourth-order valence-corrected chi connectivity index (χ4v) is 3.67. The Morgan fingerprint density at radius 2 is 1.95 bits per heavy atom. The van der Waals surface area contributed by atoms with Crippen molar-refractivity contribution in [2.24, 2.45) is 0 Å². The number of thiophene rings is 1. The highest BCUT2D eigenvalue weighted by Gasteiger charge is 2.14. The Kier molecular flexibility index (Phi) is 4.42. The molecule has 0 aliphatic rings. The van der Waals surface area contributed by atoms with Crippen molar-refractivity contribution in [3.05, 3.63) is 49.6 Å². The first-order valence-corrected chi connectivity index (χ1v) is 7.84. The number of rotatable bonds is 3. The molecule has 1 heterocycles. The highest BCUT2D eigenvalue weighted by molar-refractivity contribution is 9.10. The molecule has 0 fully saturated rings. The highest BCUT2D eigenvalue weighted by Crippen LogP contribution is 2.27. The zero-order chi connectivity index (χ0) is 14.0. The van der Waals surface area contributed by atoms with Crippen molar-refractivity contribution >= 4 is 38.9 Å². The third-order valence-electron chi connectivity index (χ3n) is 3.07. The minimum absolute atomic E-state index is 0.0135. The average molecular weight is 338 g/mol. The van der Waals surface area contributed by atoms with Crippen LogP contribution in [0.25, 0.3) is 0 Å². The predicted octanol–water partition coefficient (Wildman–Crippen LogP) is 4.94. The van der Waals surface area contributed by atoms with E-state index >= 15 is 0 Å². The minimum Gasteiger partial charge on any atom is -0.321 e. The van der Waals surface area contributed by atoms with Crippen LogP contribution < -0.4 is 5.32 Å². The van der Waals surface area contributed by atoms with Crippen molar-refractivity contribution in [3.63, 3.8) is 0 Å². The van der Waals surface area contributed by atoms with E-state index in [1.807, 2.05) is 37.4 Å². The molecule has 2 nitrogen and oxygen atoms in total. The molecule has 1 aromatic carbocycles. The van der Waals surface area contributed by atoms with Crippen LogP contribution in [-0.2, 0) is 6.42 Å². The first kappa shape index (κ1) is 14.3. The molecule has 0 aliphatic carbocycles. The number of hydrogen-bond acceptors (Lipinski definition) is 2. The summed E-state index contributed by atoms with van der Waals surface area (Å²) in [4.78, 5) is 13.1. The lowest BCUT2D eigenvalue weighted by Gasteiger charge is -2.12. The lowest BCUT2D eigenvalue weighted by Crippen LogP contribution is -2.14. The fraction of sp³-hybridized carbons (Fsp3) is 0.267. The van der Waals surface area contributed by atoms with Crippen LogP contribution in [0.1, 0.15) is 33.3 Å². The Bertz CT molecular complexity index is 595. The molecule has 0 unspecified atom stereocenters. The van der Waals surface area contributed by atoms with Gasteiger partial charge in [-0.1, -0.05) is 22.9 Å². The Hall–Kier alpha value is -1.13. The number of aryl methyl sites for hydroxylation is 3. The van der Waals surface area contributed by atoms with E-state index in [4.69, 9.17) is 0 Å². The number of halogens is 1. The van der Waals surface area contributed by atoms with Gasteiger partial charge in [0.25, 0.3) is 5.91 Å². The average Bonchev–Trinajstić information content (AvgIpc) is 2.81.